The van der Waals surface area contributed by atoms with Crippen LogP contribution in [0.25, 0.3) is 0 Å². The van der Waals surface area contributed by atoms with Gasteiger partial charge in [0.1, 0.15) is 5.15 Å². The molecule has 0 atom stereocenters. The van der Waals surface area contributed by atoms with Gasteiger partial charge in [0.25, 0.3) is 5.91 Å². The van der Waals surface area contributed by atoms with Crippen LogP contribution < -0.4 is 5.32 Å². The number of carbonyl (C=O) groups excluding carboxylic acids is 2. The van der Waals surface area contributed by atoms with Gasteiger partial charge in [-0.1, -0.05) is 35.3 Å². The molecule has 108 valence electrons. The van der Waals surface area contributed by atoms with Crippen molar-refractivity contribution in [3.8, 4) is 0 Å². The summed E-state index contributed by atoms with van der Waals surface area (Å²) in [6, 6.07) is 7.90. The zero-order chi connectivity index (χ0) is 15.4. The highest BCUT2D eigenvalue weighted by atomic mass is 35.5. The Kier molecular flexibility index (Phi) is 4.77. The molecule has 0 aliphatic heterocycles. The van der Waals surface area contributed by atoms with Crippen molar-refractivity contribution in [3.05, 3.63) is 57.8 Å². The van der Waals surface area contributed by atoms with Crippen molar-refractivity contribution in [1.82, 2.24) is 4.98 Å². The maximum atomic E-state index is 12.1. The molecule has 2 aromatic rings. The molecule has 5 nitrogen and oxygen atoms in total. The largest absolute Gasteiger partial charge is 0.465 e. The molecule has 7 heteroatoms. The molecule has 0 saturated carbocycles. The fraction of sp³-hybridized carbons (Fsp3) is 0.0714. The topological polar surface area (TPSA) is 68.3 Å². The molecule has 1 heterocycles. The van der Waals surface area contributed by atoms with Crippen LogP contribution in [0.3, 0.4) is 0 Å². The lowest BCUT2D eigenvalue weighted by Gasteiger charge is -2.09. The molecule has 0 bridgehead atoms. The molecule has 0 spiro atoms. The third-order valence-corrected chi connectivity index (χ3v) is 3.33. The number of anilines is 1. The molecule has 21 heavy (non-hydrogen) atoms. The molecular weight excluding hydrogens is 315 g/mol. The number of amides is 1. The van der Waals surface area contributed by atoms with Crippen LogP contribution in [0.1, 0.15) is 20.7 Å². The van der Waals surface area contributed by atoms with E-state index < -0.39 is 11.9 Å². The third-order valence-electron chi connectivity index (χ3n) is 2.64. The van der Waals surface area contributed by atoms with Crippen LogP contribution in [-0.2, 0) is 4.74 Å². The first-order valence-electron chi connectivity index (χ1n) is 5.82. The molecule has 1 aromatic heterocycles. The van der Waals surface area contributed by atoms with E-state index in [1.54, 1.807) is 24.3 Å². The lowest BCUT2D eigenvalue weighted by Crippen LogP contribution is -2.15. The Morgan fingerprint density at radius 2 is 1.95 bits per heavy atom. The first-order valence-corrected chi connectivity index (χ1v) is 6.58. The number of esters is 1. The predicted molar refractivity (Wildman–Crippen MR) is 80.0 cm³/mol. The number of para-hydroxylation sites is 1. The van der Waals surface area contributed by atoms with E-state index in [1.807, 2.05) is 0 Å². The summed E-state index contributed by atoms with van der Waals surface area (Å²) in [6.45, 7) is 0. The minimum atomic E-state index is -0.543. The molecule has 1 N–H and O–H groups in total. The summed E-state index contributed by atoms with van der Waals surface area (Å²) in [6.07, 6.45) is 1.30. The van der Waals surface area contributed by atoms with Gasteiger partial charge in [-0.05, 0) is 18.2 Å². The monoisotopic (exact) mass is 324 g/mol. The van der Waals surface area contributed by atoms with Crippen LogP contribution in [0.4, 0.5) is 5.69 Å². The number of ether oxygens (including phenoxy) is 1. The number of nitrogens with zero attached hydrogens (tertiary/aromatic N) is 1. The number of benzene rings is 1. The lowest BCUT2D eigenvalue weighted by atomic mass is 10.1. The second-order valence-corrected chi connectivity index (χ2v) is 4.75. The minimum absolute atomic E-state index is 0.114. The van der Waals surface area contributed by atoms with E-state index in [1.165, 1.54) is 19.4 Å². The Labute approximate surface area is 130 Å². The van der Waals surface area contributed by atoms with E-state index in [9.17, 15) is 9.59 Å². The van der Waals surface area contributed by atoms with Crippen LogP contribution in [0, 0.1) is 0 Å². The van der Waals surface area contributed by atoms with Gasteiger partial charge in [0.05, 0.1) is 28.9 Å². The van der Waals surface area contributed by atoms with Gasteiger partial charge in [-0.25, -0.2) is 9.78 Å². The summed E-state index contributed by atoms with van der Waals surface area (Å²) in [5.41, 5.74) is 0.811. The second kappa shape index (κ2) is 6.56. The Balaban J connectivity index is 2.27. The van der Waals surface area contributed by atoms with Crippen LogP contribution in [-0.4, -0.2) is 24.0 Å². The zero-order valence-electron chi connectivity index (χ0n) is 10.9. The number of halogens is 2. The highest BCUT2D eigenvalue weighted by Gasteiger charge is 2.15. The molecule has 0 fully saturated rings. The fourth-order valence-electron chi connectivity index (χ4n) is 1.62. The van der Waals surface area contributed by atoms with Crippen molar-refractivity contribution in [3.63, 3.8) is 0 Å². The first-order chi connectivity index (χ1) is 10.0. The Morgan fingerprint density at radius 1 is 1.24 bits per heavy atom. The number of hydrogen-bond acceptors (Lipinski definition) is 4. The highest BCUT2D eigenvalue weighted by molar-refractivity contribution is 6.41. The molecular formula is C14H10Cl2N2O3. The summed E-state index contributed by atoms with van der Waals surface area (Å²) < 4.78 is 4.66. The molecule has 0 unspecified atom stereocenters. The zero-order valence-corrected chi connectivity index (χ0v) is 12.4. The molecule has 1 aromatic carbocycles. The summed E-state index contributed by atoms with van der Waals surface area (Å²) >= 11 is 11.5. The fourth-order valence-corrected chi connectivity index (χ4v) is 1.89. The lowest BCUT2D eigenvalue weighted by molar-refractivity contribution is 0.0602. The standard InChI is InChI=1S/C14H10Cl2N2O3/c1-21-14(20)9-4-2-3-5-11(9)18-13(19)8-6-10(15)12(16)17-7-8/h2-7H,1H3,(H,18,19). The summed E-state index contributed by atoms with van der Waals surface area (Å²) in [4.78, 5) is 27.6. The van der Waals surface area contributed by atoms with E-state index in [2.05, 4.69) is 15.0 Å². The second-order valence-electron chi connectivity index (χ2n) is 3.99. The number of methoxy groups -OCH3 is 1. The van der Waals surface area contributed by atoms with Crippen LogP contribution in [0.2, 0.25) is 10.2 Å². The molecule has 0 aliphatic carbocycles. The van der Waals surface area contributed by atoms with Crippen molar-refractivity contribution in [2.45, 2.75) is 0 Å². The van der Waals surface area contributed by atoms with E-state index >= 15 is 0 Å². The van der Waals surface area contributed by atoms with Gasteiger partial charge in [-0.15, -0.1) is 0 Å². The maximum absolute atomic E-state index is 12.1. The van der Waals surface area contributed by atoms with Gasteiger partial charge in [0.2, 0.25) is 0 Å². The van der Waals surface area contributed by atoms with Crippen molar-refractivity contribution in [1.29, 1.82) is 0 Å². The van der Waals surface area contributed by atoms with Gasteiger partial charge in [0.15, 0.2) is 0 Å². The highest BCUT2D eigenvalue weighted by Crippen LogP contribution is 2.21. The molecule has 0 saturated heterocycles. The number of nitrogens with one attached hydrogen (secondary N) is 1. The number of pyridine rings is 1. The van der Waals surface area contributed by atoms with Gasteiger partial charge < -0.3 is 10.1 Å². The quantitative estimate of drug-likeness (QED) is 0.693. The van der Waals surface area contributed by atoms with Gasteiger partial charge in [-0.2, -0.15) is 0 Å². The van der Waals surface area contributed by atoms with Crippen molar-refractivity contribution in [2.75, 3.05) is 12.4 Å². The predicted octanol–water partition coefficient (Wildman–Crippen LogP) is 3.43. The van der Waals surface area contributed by atoms with E-state index in [-0.39, 0.29) is 21.3 Å². The SMILES string of the molecule is COC(=O)c1ccccc1NC(=O)c1cnc(Cl)c(Cl)c1. The summed E-state index contributed by atoms with van der Waals surface area (Å²) in [7, 11) is 1.27. The number of carbonyl (C=O) groups is 2. The molecule has 2 rings (SSSR count). The van der Waals surface area contributed by atoms with Crippen LogP contribution in [0.15, 0.2) is 36.5 Å². The average molecular weight is 325 g/mol. The van der Waals surface area contributed by atoms with Gasteiger partial charge in [-0.3, -0.25) is 4.79 Å². The van der Waals surface area contributed by atoms with E-state index in [0.717, 1.165) is 0 Å². The minimum Gasteiger partial charge on any atom is -0.465 e. The van der Waals surface area contributed by atoms with Crippen molar-refractivity contribution in [2.24, 2.45) is 0 Å². The first kappa shape index (κ1) is 15.3. The molecule has 0 radical (unpaired) electrons. The smallest absolute Gasteiger partial charge is 0.339 e. The average Bonchev–Trinajstić information content (AvgIpc) is 2.49. The van der Waals surface area contributed by atoms with Crippen molar-refractivity contribution < 1.29 is 14.3 Å². The van der Waals surface area contributed by atoms with Gasteiger partial charge >= 0.3 is 5.97 Å². The number of aromatic nitrogens is 1. The maximum Gasteiger partial charge on any atom is 0.339 e. The van der Waals surface area contributed by atoms with Crippen molar-refractivity contribution >= 4 is 40.8 Å². The Hall–Kier alpha value is -2.11. The van der Waals surface area contributed by atoms with E-state index in [0.29, 0.717) is 5.69 Å². The Morgan fingerprint density at radius 3 is 2.62 bits per heavy atom. The number of hydrogen-bond donors (Lipinski definition) is 1. The van der Waals surface area contributed by atoms with Crippen LogP contribution >= 0.6 is 23.2 Å². The van der Waals surface area contributed by atoms with Gasteiger partial charge in [0, 0.05) is 6.20 Å². The molecule has 1 amide bonds. The van der Waals surface area contributed by atoms with Crippen LogP contribution in [0.5, 0.6) is 0 Å². The summed E-state index contributed by atoms with van der Waals surface area (Å²) in [5.74, 6) is -1.00. The number of rotatable bonds is 3. The summed E-state index contributed by atoms with van der Waals surface area (Å²) in [5, 5.41) is 2.89. The van der Waals surface area contributed by atoms with E-state index in [4.69, 9.17) is 23.2 Å². The normalized spacial score (nSPS) is 10.0. The third kappa shape index (κ3) is 3.51. The molecule has 0 aliphatic rings. The Bertz CT molecular complexity index is 704.